The summed E-state index contributed by atoms with van der Waals surface area (Å²) in [6.07, 6.45) is 4.02. The third kappa shape index (κ3) is 2.89. The van der Waals surface area contributed by atoms with Gasteiger partial charge in [0.1, 0.15) is 23.8 Å². The van der Waals surface area contributed by atoms with Crippen LogP contribution >= 0.6 is 0 Å². The quantitative estimate of drug-likeness (QED) is 0.704. The molecule has 3 aromatic rings. The lowest BCUT2D eigenvalue weighted by atomic mass is 10.2. The highest BCUT2D eigenvalue weighted by atomic mass is 15.4. The van der Waals surface area contributed by atoms with Gasteiger partial charge in [-0.2, -0.15) is 14.6 Å². The molecule has 27 heavy (non-hydrogen) atoms. The number of piperazine rings is 1. The number of hydrogen-bond acceptors (Lipinski definition) is 7. The molecule has 8 nitrogen and oxygen atoms in total. The number of fused-ring (bicyclic) bond motifs is 1. The summed E-state index contributed by atoms with van der Waals surface area (Å²) in [4.78, 5) is 23.1. The molecular weight excluding hydrogens is 340 g/mol. The Morgan fingerprint density at radius 3 is 2.41 bits per heavy atom. The van der Waals surface area contributed by atoms with Crippen molar-refractivity contribution in [2.45, 2.75) is 39.5 Å². The fourth-order valence-corrected chi connectivity index (χ4v) is 3.75. The van der Waals surface area contributed by atoms with E-state index in [1.807, 2.05) is 11.4 Å². The van der Waals surface area contributed by atoms with Gasteiger partial charge in [0, 0.05) is 55.1 Å². The first kappa shape index (κ1) is 16.4. The summed E-state index contributed by atoms with van der Waals surface area (Å²) in [6, 6.07) is 2.09. The van der Waals surface area contributed by atoms with Crippen molar-refractivity contribution >= 4 is 17.4 Å². The van der Waals surface area contributed by atoms with Crippen molar-refractivity contribution in [3.8, 4) is 0 Å². The molecule has 2 aliphatic rings. The predicted molar refractivity (Wildman–Crippen MR) is 103 cm³/mol. The standard InChI is InChI=1S/C19H24N8/c1-12-10-16(27-19(22-12)20-11-21-27)25-6-8-26(9-7-25)18-13(2)14(3)23-17(24-18)15-4-5-15/h10-11,15H,4-9H2,1-3H3. The van der Waals surface area contributed by atoms with Crippen molar-refractivity contribution in [3.63, 3.8) is 0 Å². The number of aryl methyl sites for hydroxylation is 2. The molecule has 2 fully saturated rings. The molecule has 0 radical (unpaired) electrons. The van der Waals surface area contributed by atoms with Crippen LogP contribution in [0.25, 0.3) is 5.78 Å². The molecule has 0 bridgehead atoms. The van der Waals surface area contributed by atoms with E-state index in [1.54, 1.807) is 6.33 Å². The molecule has 0 aromatic carbocycles. The van der Waals surface area contributed by atoms with Crippen molar-refractivity contribution < 1.29 is 0 Å². The molecule has 140 valence electrons. The third-order valence-corrected chi connectivity index (χ3v) is 5.59. The largest absolute Gasteiger partial charge is 0.353 e. The minimum absolute atomic E-state index is 0.574. The lowest BCUT2D eigenvalue weighted by molar-refractivity contribution is 0.628. The van der Waals surface area contributed by atoms with Gasteiger partial charge in [0.2, 0.25) is 0 Å². The second kappa shape index (κ2) is 6.14. The molecule has 8 heteroatoms. The Morgan fingerprint density at radius 2 is 1.67 bits per heavy atom. The van der Waals surface area contributed by atoms with Crippen LogP contribution in [0.3, 0.4) is 0 Å². The summed E-state index contributed by atoms with van der Waals surface area (Å²) in [7, 11) is 0. The monoisotopic (exact) mass is 364 g/mol. The van der Waals surface area contributed by atoms with Crippen LogP contribution in [0, 0.1) is 20.8 Å². The van der Waals surface area contributed by atoms with E-state index in [0.717, 1.165) is 55.0 Å². The molecule has 0 unspecified atom stereocenters. The van der Waals surface area contributed by atoms with Crippen LogP contribution < -0.4 is 9.80 Å². The van der Waals surface area contributed by atoms with E-state index in [1.165, 1.54) is 18.4 Å². The zero-order valence-electron chi connectivity index (χ0n) is 16.1. The lowest BCUT2D eigenvalue weighted by Gasteiger charge is -2.37. The van der Waals surface area contributed by atoms with Crippen molar-refractivity contribution in [1.29, 1.82) is 0 Å². The maximum Gasteiger partial charge on any atom is 0.254 e. The first-order valence-corrected chi connectivity index (χ1v) is 9.62. The average Bonchev–Trinajstić information content (AvgIpc) is 3.41. The topological polar surface area (TPSA) is 75.3 Å². The van der Waals surface area contributed by atoms with Crippen LogP contribution in [-0.2, 0) is 0 Å². The normalized spacial score (nSPS) is 17.7. The Balaban J connectivity index is 1.40. The van der Waals surface area contributed by atoms with Gasteiger partial charge >= 0.3 is 0 Å². The van der Waals surface area contributed by atoms with Gasteiger partial charge in [-0.25, -0.2) is 15.0 Å². The smallest absolute Gasteiger partial charge is 0.254 e. The van der Waals surface area contributed by atoms with Gasteiger partial charge in [0.25, 0.3) is 5.78 Å². The summed E-state index contributed by atoms with van der Waals surface area (Å²) < 4.78 is 1.83. The molecule has 0 atom stereocenters. The van der Waals surface area contributed by atoms with E-state index in [9.17, 15) is 0 Å². The van der Waals surface area contributed by atoms with E-state index < -0.39 is 0 Å². The van der Waals surface area contributed by atoms with Crippen LogP contribution in [-0.4, -0.2) is 55.7 Å². The zero-order chi connectivity index (χ0) is 18.5. The van der Waals surface area contributed by atoms with E-state index in [4.69, 9.17) is 9.97 Å². The zero-order valence-corrected chi connectivity index (χ0v) is 16.1. The van der Waals surface area contributed by atoms with Gasteiger partial charge in [0.05, 0.1) is 0 Å². The second-order valence-electron chi connectivity index (χ2n) is 7.59. The highest BCUT2D eigenvalue weighted by Gasteiger charge is 2.29. The van der Waals surface area contributed by atoms with E-state index in [-0.39, 0.29) is 0 Å². The van der Waals surface area contributed by atoms with Gasteiger partial charge in [0.15, 0.2) is 0 Å². The Bertz CT molecular complexity index is 998. The Hall–Kier alpha value is -2.77. The fraction of sp³-hybridized carbons (Fsp3) is 0.526. The minimum atomic E-state index is 0.574. The maximum absolute atomic E-state index is 4.93. The van der Waals surface area contributed by atoms with Crippen LogP contribution in [0.15, 0.2) is 12.4 Å². The first-order chi connectivity index (χ1) is 13.1. The summed E-state index contributed by atoms with van der Waals surface area (Å²) in [6.45, 7) is 9.93. The molecule has 0 spiro atoms. The molecule has 0 amide bonds. The van der Waals surface area contributed by atoms with E-state index in [2.05, 4.69) is 44.8 Å². The summed E-state index contributed by atoms with van der Waals surface area (Å²) in [5.74, 6) is 4.43. The number of aromatic nitrogens is 6. The van der Waals surface area contributed by atoms with Crippen LogP contribution in [0.2, 0.25) is 0 Å². The molecule has 1 saturated carbocycles. The number of anilines is 2. The van der Waals surface area contributed by atoms with Gasteiger partial charge in [-0.05, 0) is 33.6 Å². The fourth-order valence-electron chi connectivity index (χ4n) is 3.75. The van der Waals surface area contributed by atoms with Crippen molar-refractivity contribution in [3.05, 3.63) is 35.2 Å². The molecule has 4 heterocycles. The SMILES string of the molecule is Cc1cc(N2CCN(c3nc(C4CC4)nc(C)c3C)CC2)n2ncnc2n1. The minimum Gasteiger partial charge on any atom is -0.353 e. The van der Waals surface area contributed by atoms with Crippen molar-refractivity contribution in [1.82, 2.24) is 29.5 Å². The van der Waals surface area contributed by atoms with Gasteiger partial charge in [-0.3, -0.25) is 0 Å². The van der Waals surface area contributed by atoms with Crippen molar-refractivity contribution in [2.75, 3.05) is 36.0 Å². The molecule has 5 rings (SSSR count). The average molecular weight is 364 g/mol. The van der Waals surface area contributed by atoms with Crippen LogP contribution in [0.4, 0.5) is 11.6 Å². The van der Waals surface area contributed by atoms with Gasteiger partial charge in [-0.15, -0.1) is 0 Å². The molecule has 1 aliphatic carbocycles. The highest BCUT2D eigenvalue weighted by Crippen LogP contribution is 2.39. The van der Waals surface area contributed by atoms with Crippen LogP contribution in [0.1, 0.15) is 41.5 Å². The van der Waals surface area contributed by atoms with Crippen LogP contribution in [0.5, 0.6) is 0 Å². The molecule has 0 N–H and O–H groups in total. The highest BCUT2D eigenvalue weighted by molar-refractivity contribution is 5.52. The first-order valence-electron chi connectivity index (χ1n) is 9.62. The number of hydrogen-bond donors (Lipinski definition) is 0. The Kier molecular flexibility index (Phi) is 3.73. The second-order valence-corrected chi connectivity index (χ2v) is 7.59. The maximum atomic E-state index is 4.93. The van der Waals surface area contributed by atoms with E-state index >= 15 is 0 Å². The molecule has 1 aliphatic heterocycles. The number of nitrogens with zero attached hydrogens (tertiary/aromatic N) is 8. The Morgan fingerprint density at radius 1 is 0.926 bits per heavy atom. The van der Waals surface area contributed by atoms with Gasteiger partial charge < -0.3 is 9.80 Å². The summed E-state index contributed by atoms with van der Waals surface area (Å²) in [5, 5.41) is 4.34. The summed E-state index contributed by atoms with van der Waals surface area (Å²) in [5.41, 5.74) is 3.27. The lowest BCUT2D eigenvalue weighted by Crippen LogP contribution is -2.47. The summed E-state index contributed by atoms with van der Waals surface area (Å²) >= 11 is 0. The third-order valence-electron chi connectivity index (χ3n) is 5.59. The van der Waals surface area contributed by atoms with Crippen molar-refractivity contribution in [2.24, 2.45) is 0 Å². The molecule has 1 saturated heterocycles. The predicted octanol–water partition coefficient (Wildman–Crippen LogP) is 2.04. The molecular formula is C19H24N8. The number of rotatable bonds is 3. The van der Waals surface area contributed by atoms with Gasteiger partial charge in [-0.1, -0.05) is 0 Å². The van der Waals surface area contributed by atoms with E-state index in [0.29, 0.717) is 11.7 Å². The Labute approximate surface area is 158 Å². The molecule has 3 aromatic heterocycles.